The summed E-state index contributed by atoms with van der Waals surface area (Å²) in [5.41, 5.74) is -0.994. The number of sulfonamides is 1. The van der Waals surface area contributed by atoms with Crippen molar-refractivity contribution in [2.75, 3.05) is 11.4 Å². The van der Waals surface area contributed by atoms with Crippen LogP contribution in [0.3, 0.4) is 0 Å². The van der Waals surface area contributed by atoms with Crippen molar-refractivity contribution in [3.8, 4) is 5.75 Å². The molecule has 45 heavy (non-hydrogen) atoms. The van der Waals surface area contributed by atoms with Crippen LogP contribution >= 0.6 is 0 Å². The zero-order valence-electron chi connectivity index (χ0n) is 24.6. The second kappa shape index (κ2) is 14.2. The minimum Gasteiger partial charge on any atom is -0.443 e. The number of nitrogens with two attached hydrogens (primary N) is 1. The lowest BCUT2D eigenvalue weighted by Crippen LogP contribution is -2.55. The van der Waals surface area contributed by atoms with Gasteiger partial charge < -0.3 is 25.4 Å². The molecule has 13 nitrogen and oxygen atoms in total. The maximum atomic E-state index is 13.1. The molecule has 0 spiro atoms. The zero-order valence-corrected chi connectivity index (χ0v) is 25.5. The van der Waals surface area contributed by atoms with Gasteiger partial charge in [0.05, 0.1) is 17.1 Å². The number of ether oxygens (including phenoxy) is 2. The second-order valence-electron chi connectivity index (χ2n) is 11.1. The highest BCUT2D eigenvalue weighted by molar-refractivity contribution is 7.89. The summed E-state index contributed by atoms with van der Waals surface area (Å²) in [5.74, 6) is -1.70. The highest BCUT2D eigenvalue weighted by atomic mass is 32.2. The highest BCUT2D eigenvalue weighted by Gasteiger charge is 2.33. The van der Waals surface area contributed by atoms with E-state index < -0.39 is 70.3 Å². The first-order valence-corrected chi connectivity index (χ1v) is 15.3. The molecule has 0 radical (unpaired) electrons. The van der Waals surface area contributed by atoms with Gasteiger partial charge in [0.25, 0.3) is 5.91 Å². The molecule has 0 aromatic heterocycles. The molecule has 2 atom stereocenters. The summed E-state index contributed by atoms with van der Waals surface area (Å²) in [4.78, 5) is 51.9. The normalized spacial score (nSPS) is 17.0. The molecule has 17 heteroatoms. The summed E-state index contributed by atoms with van der Waals surface area (Å²) in [7, 11) is -3.93. The summed E-state index contributed by atoms with van der Waals surface area (Å²) >= 11 is 0. The number of nitrogens with zero attached hydrogens (tertiary/aromatic N) is 1. The number of imide groups is 1. The summed E-state index contributed by atoms with van der Waals surface area (Å²) in [6.07, 6.45) is -3.50. The van der Waals surface area contributed by atoms with Crippen LogP contribution in [0.15, 0.2) is 53.4 Å². The fourth-order valence-corrected chi connectivity index (χ4v) is 4.94. The first-order valence-electron chi connectivity index (χ1n) is 13.7. The fraction of sp³-hybridized carbons (Fsp3) is 0.429. The molecular formula is C28H34F3N5O8S. The third kappa shape index (κ3) is 10.9. The van der Waals surface area contributed by atoms with Gasteiger partial charge in [-0.3, -0.25) is 9.59 Å². The Morgan fingerprint density at radius 1 is 0.911 bits per heavy atom. The van der Waals surface area contributed by atoms with E-state index in [0.717, 1.165) is 37.1 Å². The van der Waals surface area contributed by atoms with Gasteiger partial charge >= 0.3 is 18.5 Å². The lowest BCUT2D eigenvalue weighted by Gasteiger charge is -2.33. The molecular weight excluding hydrogens is 623 g/mol. The Balaban J connectivity index is 1.65. The molecule has 1 fully saturated rings. The van der Waals surface area contributed by atoms with Crippen LogP contribution in [0, 0.1) is 0 Å². The van der Waals surface area contributed by atoms with Crippen LogP contribution in [0.1, 0.15) is 56.8 Å². The van der Waals surface area contributed by atoms with Gasteiger partial charge in [0.2, 0.25) is 15.9 Å². The minimum atomic E-state index is -4.95. The number of anilines is 1. The van der Waals surface area contributed by atoms with Crippen LogP contribution in [0.4, 0.5) is 28.4 Å². The van der Waals surface area contributed by atoms with E-state index in [1.54, 1.807) is 20.8 Å². The molecule has 0 aliphatic heterocycles. The summed E-state index contributed by atoms with van der Waals surface area (Å²) in [6, 6.07) is 6.89. The largest absolute Gasteiger partial charge is 0.573 e. The van der Waals surface area contributed by atoms with E-state index in [2.05, 4.69) is 20.7 Å². The molecule has 5 amide bonds. The molecule has 2 aromatic rings. The first-order chi connectivity index (χ1) is 20.8. The molecule has 5 N–H and O–H groups in total. The van der Waals surface area contributed by atoms with Gasteiger partial charge in [-0.15, -0.1) is 13.2 Å². The Hall–Kier alpha value is -4.38. The van der Waals surface area contributed by atoms with E-state index >= 15 is 0 Å². The van der Waals surface area contributed by atoms with Crippen molar-refractivity contribution in [2.24, 2.45) is 5.14 Å². The summed E-state index contributed by atoms with van der Waals surface area (Å²) in [5, 5.41) is 13.0. The smallest absolute Gasteiger partial charge is 0.443 e. The summed E-state index contributed by atoms with van der Waals surface area (Å²) < 4.78 is 69.7. The molecule has 1 aliphatic carbocycles. The number of hydrogen-bond donors (Lipinski definition) is 4. The predicted molar refractivity (Wildman–Crippen MR) is 155 cm³/mol. The van der Waals surface area contributed by atoms with Crippen LogP contribution in [0.25, 0.3) is 0 Å². The zero-order chi connectivity index (χ0) is 33.6. The van der Waals surface area contributed by atoms with Gasteiger partial charge in [-0.2, -0.15) is 4.90 Å². The molecule has 2 unspecified atom stereocenters. The van der Waals surface area contributed by atoms with E-state index in [0.29, 0.717) is 17.7 Å². The number of carbonyl (C=O) groups is 4. The Bertz CT molecular complexity index is 1490. The second-order valence-corrected chi connectivity index (χ2v) is 12.7. The average molecular weight is 658 g/mol. The number of hydrogen-bond acceptors (Lipinski definition) is 8. The third-order valence-electron chi connectivity index (χ3n) is 6.38. The average Bonchev–Trinajstić information content (AvgIpc) is 2.92. The number of halogens is 3. The predicted octanol–water partition coefficient (Wildman–Crippen LogP) is 3.54. The quantitative estimate of drug-likeness (QED) is 0.332. The van der Waals surface area contributed by atoms with E-state index in [9.17, 15) is 40.8 Å². The van der Waals surface area contributed by atoms with Gasteiger partial charge in [-0.05, 0) is 82.1 Å². The molecule has 2 aromatic carbocycles. The van der Waals surface area contributed by atoms with Crippen molar-refractivity contribution in [2.45, 2.75) is 75.4 Å². The molecule has 1 saturated carbocycles. The Kier molecular flexibility index (Phi) is 11.0. The third-order valence-corrected chi connectivity index (χ3v) is 7.31. The maximum absolute atomic E-state index is 13.1. The van der Waals surface area contributed by atoms with Crippen molar-refractivity contribution in [3.63, 3.8) is 0 Å². The van der Waals surface area contributed by atoms with E-state index in [1.165, 1.54) is 24.3 Å². The monoisotopic (exact) mass is 657 g/mol. The van der Waals surface area contributed by atoms with Crippen molar-refractivity contribution >= 4 is 39.6 Å². The summed E-state index contributed by atoms with van der Waals surface area (Å²) in [6.45, 7) is 4.06. The van der Waals surface area contributed by atoms with Crippen molar-refractivity contribution < 1.29 is 50.2 Å². The molecule has 0 bridgehead atoms. The van der Waals surface area contributed by atoms with Gasteiger partial charge in [0.15, 0.2) is 0 Å². The Labute approximate surface area is 257 Å². The van der Waals surface area contributed by atoms with Crippen LogP contribution in [-0.2, 0) is 19.6 Å². The van der Waals surface area contributed by atoms with E-state index in [4.69, 9.17) is 9.88 Å². The first kappa shape index (κ1) is 35.1. The van der Waals surface area contributed by atoms with Gasteiger partial charge in [0.1, 0.15) is 11.4 Å². The van der Waals surface area contributed by atoms with Gasteiger partial charge in [-0.25, -0.2) is 23.1 Å². The number of primary sulfonamides is 1. The van der Waals surface area contributed by atoms with Crippen LogP contribution in [0.2, 0.25) is 0 Å². The topological polar surface area (TPSA) is 186 Å². The molecule has 3 rings (SSSR count). The molecule has 0 saturated heterocycles. The standard InChI is InChI=1S/C28H34F3N5O8S/c1-27(2,3)44-26(40)36(18-10-12-19(13-11-18)43-28(29,30)31)25(39)33-16-23(37)34-21-6-4-5-7-22(21)35-24(38)17-8-14-20(15-9-17)45(32,41)42/h8-15,21-22H,4-7,16H2,1-3H3,(H,33,39)(H,34,37)(H,35,38)(H2,32,41,42). The number of amides is 5. The van der Waals surface area contributed by atoms with Crippen LogP contribution in [-0.4, -0.2) is 62.9 Å². The van der Waals surface area contributed by atoms with Gasteiger partial charge in [-0.1, -0.05) is 12.8 Å². The van der Waals surface area contributed by atoms with Gasteiger partial charge in [0, 0.05) is 17.6 Å². The molecule has 246 valence electrons. The molecule has 0 heterocycles. The fourth-order valence-electron chi connectivity index (χ4n) is 4.43. The highest BCUT2D eigenvalue weighted by Crippen LogP contribution is 2.26. The lowest BCUT2D eigenvalue weighted by molar-refractivity contribution is -0.274. The number of rotatable bonds is 8. The minimum absolute atomic E-state index is 0.149. The number of nitrogens with one attached hydrogen (secondary N) is 3. The molecule has 1 aliphatic rings. The van der Waals surface area contributed by atoms with Crippen molar-refractivity contribution in [1.29, 1.82) is 0 Å². The number of carbonyl (C=O) groups excluding carboxylic acids is 4. The lowest BCUT2D eigenvalue weighted by atomic mass is 9.90. The number of alkyl halides is 3. The van der Waals surface area contributed by atoms with E-state index in [-0.39, 0.29) is 16.1 Å². The Morgan fingerprint density at radius 2 is 1.47 bits per heavy atom. The van der Waals surface area contributed by atoms with E-state index in [1.807, 2.05) is 0 Å². The number of benzene rings is 2. The number of urea groups is 1. The van der Waals surface area contributed by atoms with Crippen LogP contribution < -0.4 is 30.7 Å². The Morgan fingerprint density at radius 3 is 1.98 bits per heavy atom. The van der Waals surface area contributed by atoms with Crippen molar-refractivity contribution in [3.05, 3.63) is 54.1 Å². The van der Waals surface area contributed by atoms with Crippen molar-refractivity contribution in [1.82, 2.24) is 16.0 Å². The SMILES string of the molecule is CC(C)(C)OC(=O)N(C(=O)NCC(=O)NC1CCCCC1NC(=O)c1ccc(S(N)(=O)=O)cc1)c1ccc(OC(F)(F)F)cc1. The maximum Gasteiger partial charge on any atom is 0.573 e. The van der Waals surface area contributed by atoms with Crippen LogP contribution in [0.5, 0.6) is 5.75 Å².